The van der Waals surface area contributed by atoms with Gasteiger partial charge in [0.05, 0.1) is 10.9 Å². The van der Waals surface area contributed by atoms with Crippen LogP contribution in [0.3, 0.4) is 0 Å². The molecule has 2 aliphatic heterocycles. The number of nitrogens with one attached hydrogen (secondary N) is 3. The van der Waals surface area contributed by atoms with Crippen LogP contribution in [0.15, 0.2) is 65.6 Å². The average molecular weight is 476 g/mol. The molecule has 0 radical (unpaired) electrons. The molecule has 3 N–H and O–H groups in total. The molecule has 0 spiro atoms. The van der Waals surface area contributed by atoms with E-state index in [-0.39, 0.29) is 28.7 Å². The van der Waals surface area contributed by atoms with Crippen molar-refractivity contribution in [1.82, 2.24) is 5.32 Å². The van der Waals surface area contributed by atoms with Crippen molar-refractivity contribution in [2.45, 2.75) is 44.2 Å². The smallest absolute Gasteiger partial charge is 0.261 e. The summed E-state index contributed by atoms with van der Waals surface area (Å²) < 4.78 is 29.1. The third kappa shape index (κ3) is 4.10. The Morgan fingerprint density at radius 2 is 1.71 bits per heavy atom. The largest absolute Gasteiger partial charge is 0.378 e. The van der Waals surface area contributed by atoms with E-state index in [1.54, 1.807) is 25.1 Å². The van der Waals surface area contributed by atoms with Crippen molar-refractivity contribution in [2.24, 2.45) is 5.92 Å². The standard InChI is InChI=1S/C27H29N3O3S/c1-16-4-9-21(14-17(16)2)30-34(32,33)22-10-11-25-24(15-22)27-23(12-13-28-27)26(29-25)20-7-5-19(6-8-20)18(3)31/h4-11,14-15,23,26-30H,12-13H2,1-3H3. The summed E-state index contributed by atoms with van der Waals surface area (Å²) in [5, 5.41) is 7.21. The molecule has 34 heavy (non-hydrogen) atoms. The van der Waals surface area contributed by atoms with Gasteiger partial charge in [0, 0.05) is 28.9 Å². The molecule has 0 amide bonds. The highest BCUT2D eigenvalue weighted by Crippen LogP contribution is 2.47. The highest BCUT2D eigenvalue weighted by Gasteiger charge is 2.40. The molecule has 3 atom stereocenters. The van der Waals surface area contributed by atoms with E-state index in [9.17, 15) is 13.2 Å². The molecule has 0 saturated carbocycles. The fourth-order valence-electron chi connectivity index (χ4n) is 5.07. The maximum absolute atomic E-state index is 13.2. The lowest BCUT2D eigenvalue weighted by Crippen LogP contribution is -2.32. The van der Waals surface area contributed by atoms with Gasteiger partial charge in [-0.15, -0.1) is 0 Å². The molecule has 3 unspecified atom stereocenters. The summed E-state index contributed by atoms with van der Waals surface area (Å²) in [7, 11) is -3.72. The van der Waals surface area contributed by atoms with Crippen molar-refractivity contribution in [2.75, 3.05) is 16.6 Å². The Morgan fingerprint density at radius 3 is 2.41 bits per heavy atom. The van der Waals surface area contributed by atoms with Crippen molar-refractivity contribution in [1.29, 1.82) is 0 Å². The van der Waals surface area contributed by atoms with Crippen LogP contribution >= 0.6 is 0 Å². The summed E-state index contributed by atoms with van der Waals surface area (Å²) in [6.07, 6.45) is 0.980. The highest BCUT2D eigenvalue weighted by atomic mass is 32.2. The zero-order valence-electron chi connectivity index (χ0n) is 19.6. The minimum Gasteiger partial charge on any atom is -0.378 e. The van der Waals surface area contributed by atoms with Gasteiger partial charge < -0.3 is 10.6 Å². The molecule has 0 bridgehead atoms. The molecule has 1 saturated heterocycles. The highest BCUT2D eigenvalue weighted by molar-refractivity contribution is 7.92. The van der Waals surface area contributed by atoms with Gasteiger partial charge in [-0.25, -0.2) is 8.42 Å². The van der Waals surface area contributed by atoms with Crippen LogP contribution in [0.1, 0.15) is 58.0 Å². The molecule has 0 aliphatic carbocycles. The van der Waals surface area contributed by atoms with E-state index in [1.165, 1.54) is 0 Å². The number of benzene rings is 3. The molecular weight excluding hydrogens is 446 g/mol. The lowest BCUT2D eigenvalue weighted by atomic mass is 9.80. The third-order valence-electron chi connectivity index (χ3n) is 7.11. The summed E-state index contributed by atoms with van der Waals surface area (Å²) in [6, 6.07) is 18.8. The summed E-state index contributed by atoms with van der Waals surface area (Å²) >= 11 is 0. The fourth-order valence-corrected chi connectivity index (χ4v) is 6.15. The predicted octanol–water partition coefficient (Wildman–Crippen LogP) is 5.12. The number of hydrogen-bond donors (Lipinski definition) is 3. The van der Waals surface area contributed by atoms with Crippen molar-refractivity contribution in [3.63, 3.8) is 0 Å². The molecule has 2 aliphatic rings. The van der Waals surface area contributed by atoms with Crippen LogP contribution in [0.25, 0.3) is 0 Å². The van der Waals surface area contributed by atoms with Gasteiger partial charge in [-0.2, -0.15) is 0 Å². The maximum atomic E-state index is 13.2. The zero-order valence-corrected chi connectivity index (χ0v) is 20.4. The first-order valence-corrected chi connectivity index (χ1v) is 13.1. The second-order valence-electron chi connectivity index (χ2n) is 9.34. The van der Waals surface area contributed by atoms with E-state index >= 15 is 0 Å². The van der Waals surface area contributed by atoms with Gasteiger partial charge in [-0.3, -0.25) is 9.52 Å². The molecule has 1 fully saturated rings. The number of Topliss-reactive ketones (excluding diaryl/α,β-unsaturated/α-hetero) is 1. The molecule has 176 valence electrons. The van der Waals surface area contributed by atoms with Gasteiger partial charge in [0.15, 0.2) is 5.78 Å². The van der Waals surface area contributed by atoms with Crippen molar-refractivity contribution >= 4 is 27.2 Å². The predicted molar refractivity (Wildman–Crippen MR) is 135 cm³/mol. The molecule has 0 aromatic heterocycles. The Kier molecular flexibility index (Phi) is 5.70. The van der Waals surface area contributed by atoms with Crippen molar-refractivity contribution in [3.05, 3.63) is 88.5 Å². The van der Waals surface area contributed by atoms with Gasteiger partial charge in [-0.05, 0) is 86.3 Å². The van der Waals surface area contributed by atoms with Crippen LogP contribution in [0, 0.1) is 19.8 Å². The minimum atomic E-state index is -3.72. The lowest BCUT2D eigenvalue weighted by molar-refractivity contribution is 0.101. The second kappa shape index (κ2) is 8.56. The fraction of sp³-hybridized carbons (Fsp3) is 0.296. The van der Waals surface area contributed by atoms with Crippen molar-refractivity contribution in [3.8, 4) is 0 Å². The molecule has 6 nitrogen and oxygen atoms in total. The van der Waals surface area contributed by atoms with E-state index in [0.29, 0.717) is 11.3 Å². The van der Waals surface area contributed by atoms with E-state index in [2.05, 4.69) is 15.4 Å². The summed E-state index contributed by atoms with van der Waals surface area (Å²) in [6.45, 7) is 6.41. The van der Waals surface area contributed by atoms with Crippen LogP contribution in [-0.2, 0) is 10.0 Å². The normalized spacial score (nSPS) is 21.3. The number of rotatable bonds is 5. The second-order valence-corrected chi connectivity index (χ2v) is 11.0. The number of carbonyl (C=O) groups excluding carboxylic acids is 1. The molecular formula is C27H29N3O3S. The van der Waals surface area contributed by atoms with E-state index in [4.69, 9.17) is 0 Å². The summed E-state index contributed by atoms with van der Waals surface area (Å²) in [5.41, 5.74) is 6.45. The van der Waals surface area contributed by atoms with Gasteiger partial charge in [0.2, 0.25) is 0 Å². The number of aryl methyl sites for hydroxylation is 2. The van der Waals surface area contributed by atoms with Gasteiger partial charge in [0.1, 0.15) is 0 Å². The first kappa shape index (κ1) is 22.6. The number of anilines is 2. The first-order chi connectivity index (χ1) is 16.2. The Labute approximate surface area is 200 Å². The molecule has 2 heterocycles. The Balaban J connectivity index is 1.45. The Hall–Kier alpha value is -3.16. The molecule has 5 rings (SSSR count). The van der Waals surface area contributed by atoms with Gasteiger partial charge >= 0.3 is 0 Å². The number of fused-ring (bicyclic) bond motifs is 3. The zero-order chi connectivity index (χ0) is 24.0. The van der Waals surface area contributed by atoms with Gasteiger partial charge in [0.25, 0.3) is 10.0 Å². The van der Waals surface area contributed by atoms with Crippen LogP contribution in [-0.4, -0.2) is 20.7 Å². The van der Waals surface area contributed by atoms with Crippen molar-refractivity contribution < 1.29 is 13.2 Å². The number of hydrogen-bond acceptors (Lipinski definition) is 5. The number of ketones is 1. The number of sulfonamides is 1. The van der Waals surface area contributed by atoms with Crippen LogP contribution < -0.4 is 15.4 Å². The topological polar surface area (TPSA) is 87.3 Å². The van der Waals surface area contributed by atoms with Gasteiger partial charge in [-0.1, -0.05) is 30.3 Å². The van der Waals surface area contributed by atoms with E-state index in [0.717, 1.165) is 40.9 Å². The van der Waals surface area contributed by atoms with Crippen LogP contribution in [0.4, 0.5) is 11.4 Å². The molecule has 3 aromatic rings. The quantitative estimate of drug-likeness (QED) is 0.446. The summed E-state index contributed by atoms with van der Waals surface area (Å²) in [5.74, 6) is 0.332. The monoisotopic (exact) mass is 475 g/mol. The lowest BCUT2D eigenvalue weighted by Gasteiger charge is -2.37. The van der Waals surface area contributed by atoms with E-state index < -0.39 is 10.0 Å². The average Bonchev–Trinajstić information content (AvgIpc) is 3.31. The minimum absolute atomic E-state index is 0.0528. The third-order valence-corrected chi connectivity index (χ3v) is 8.49. The maximum Gasteiger partial charge on any atom is 0.261 e. The van der Waals surface area contributed by atoms with E-state index in [1.807, 2.05) is 56.3 Å². The summed E-state index contributed by atoms with van der Waals surface area (Å²) in [4.78, 5) is 11.9. The molecule has 7 heteroatoms. The van der Waals surface area contributed by atoms with Crippen LogP contribution in [0.5, 0.6) is 0 Å². The SMILES string of the molecule is CC(=O)c1ccc(C2Nc3ccc(S(=O)(=O)Nc4ccc(C)c(C)c4)cc3C3NCCC23)cc1. The first-order valence-electron chi connectivity index (χ1n) is 11.6. The van der Waals surface area contributed by atoms with Crippen LogP contribution in [0.2, 0.25) is 0 Å². The Bertz CT molecular complexity index is 1370. The Morgan fingerprint density at radius 1 is 0.941 bits per heavy atom. The number of carbonyl (C=O) groups is 1. The molecule has 3 aromatic carbocycles.